The van der Waals surface area contributed by atoms with E-state index < -0.39 is 18.0 Å². The van der Waals surface area contributed by atoms with Crippen molar-refractivity contribution in [3.8, 4) is 0 Å². The lowest BCUT2D eigenvalue weighted by Gasteiger charge is -2.30. The van der Waals surface area contributed by atoms with Gasteiger partial charge >= 0.3 is 6.18 Å². The van der Waals surface area contributed by atoms with Crippen molar-refractivity contribution in [3.63, 3.8) is 0 Å². The van der Waals surface area contributed by atoms with Gasteiger partial charge in [-0.2, -0.15) is 18.3 Å². The van der Waals surface area contributed by atoms with Crippen LogP contribution in [0.2, 0.25) is 0 Å². The Hall–Kier alpha value is -2.16. The van der Waals surface area contributed by atoms with Gasteiger partial charge in [-0.25, -0.2) is 9.50 Å². The van der Waals surface area contributed by atoms with E-state index in [0.29, 0.717) is 29.1 Å². The lowest BCUT2D eigenvalue weighted by atomic mass is 9.86. The normalized spacial score (nSPS) is 26.2. The van der Waals surface area contributed by atoms with Gasteiger partial charge in [0.15, 0.2) is 5.65 Å². The number of nitrogens with zero attached hydrogens (tertiary/aromatic N) is 3. The summed E-state index contributed by atoms with van der Waals surface area (Å²) >= 11 is 0. The number of piperidine rings is 1. The Morgan fingerprint density at radius 2 is 1.90 bits per heavy atom. The Labute approximate surface area is 172 Å². The van der Waals surface area contributed by atoms with Gasteiger partial charge < -0.3 is 11.1 Å². The van der Waals surface area contributed by atoms with E-state index >= 15 is 0 Å². The quantitative estimate of drug-likeness (QED) is 0.751. The van der Waals surface area contributed by atoms with Crippen molar-refractivity contribution >= 4 is 11.6 Å². The number of halogens is 3. The highest BCUT2D eigenvalue weighted by Crippen LogP contribution is 2.53. The third kappa shape index (κ3) is 3.91. The first kappa shape index (κ1) is 19.8. The second-order valence-corrected chi connectivity index (χ2v) is 9.19. The van der Waals surface area contributed by atoms with Gasteiger partial charge in [0.1, 0.15) is 0 Å². The minimum absolute atomic E-state index is 0.119. The second kappa shape index (κ2) is 7.21. The highest BCUT2D eigenvalue weighted by molar-refractivity contribution is 5.79. The van der Waals surface area contributed by atoms with Crippen molar-refractivity contribution in [2.24, 2.45) is 35.3 Å². The molecule has 0 spiro atoms. The molecule has 3 atom stereocenters. The lowest BCUT2D eigenvalue weighted by Crippen LogP contribution is -2.47. The van der Waals surface area contributed by atoms with E-state index in [9.17, 15) is 18.0 Å². The van der Waals surface area contributed by atoms with Gasteiger partial charge in [-0.15, -0.1) is 0 Å². The number of carbonyl (C=O) groups excluding carboxylic acids is 1. The summed E-state index contributed by atoms with van der Waals surface area (Å²) in [7, 11) is 0. The minimum atomic E-state index is -4.31. The minimum Gasteiger partial charge on any atom is -0.355 e. The predicted molar refractivity (Wildman–Crippen MR) is 103 cm³/mol. The first-order chi connectivity index (χ1) is 14.3. The fourth-order valence-electron chi connectivity index (χ4n) is 4.92. The zero-order valence-electron chi connectivity index (χ0n) is 16.6. The molecule has 0 radical (unpaired) electrons. The molecule has 6 nitrogen and oxygen atoms in total. The Morgan fingerprint density at radius 3 is 2.53 bits per heavy atom. The summed E-state index contributed by atoms with van der Waals surface area (Å²) in [6.07, 6.45) is 2.46. The Morgan fingerprint density at radius 1 is 1.20 bits per heavy atom. The summed E-state index contributed by atoms with van der Waals surface area (Å²) in [6.45, 7) is -0.350. The van der Waals surface area contributed by atoms with E-state index in [1.165, 1.54) is 25.7 Å². The fraction of sp³-hybridized carbons (Fsp3) is 0.667. The van der Waals surface area contributed by atoms with Crippen LogP contribution in [0, 0.1) is 29.6 Å². The average molecular weight is 421 g/mol. The molecule has 0 aromatic carbocycles. The summed E-state index contributed by atoms with van der Waals surface area (Å²) in [5.41, 5.74) is 8.64. The van der Waals surface area contributed by atoms with Crippen molar-refractivity contribution in [3.05, 3.63) is 29.7 Å². The van der Waals surface area contributed by atoms with E-state index in [4.69, 9.17) is 5.73 Å². The molecule has 3 heterocycles. The molecule has 162 valence electrons. The second-order valence-electron chi connectivity index (χ2n) is 9.19. The van der Waals surface area contributed by atoms with E-state index in [1.54, 1.807) is 16.6 Å². The molecule has 3 fully saturated rings. The molecule has 1 saturated heterocycles. The molecule has 5 rings (SSSR count). The van der Waals surface area contributed by atoms with Gasteiger partial charge in [0, 0.05) is 18.9 Å². The summed E-state index contributed by atoms with van der Waals surface area (Å²) in [4.78, 5) is 16.7. The molecular weight excluding hydrogens is 395 g/mol. The van der Waals surface area contributed by atoms with Crippen LogP contribution in [0.3, 0.4) is 0 Å². The smallest absolute Gasteiger partial charge is 0.355 e. The van der Waals surface area contributed by atoms with Crippen molar-refractivity contribution in [2.75, 3.05) is 6.54 Å². The van der Waals surface area contributed by atoms with E-state index in [1.807, 2.05) is 6.20 Å². The molecule has 2 aromatic rings. The first-order valence-corrected chi connectivity index (χ1v) is 10.7. The van der Waals surface area contributed by atoms with Crippen LogP contribution in [0.15, 0.2) is 18.3 Å². The van der Waals surface area contributed by atoms with Gasteiger partial charge in [-0.3, -0.25) is 4.79 Å². The Balaban J connectivity index is 1.33. The maximum Gasteiger partial charge on any atom is 0.393 e. The van der Waals surface area contributed by atoms with Gasteiger partial charge in [0.05, 0.1) is 29.5 Å². The number of amides is 1. The van der Waals surface area contributed by atoms with Crippen LogP contribution >= 0.6 is 0 Å². The molecule has 1 aliphatic heterocycles. The fourth-order valence-corrected chi connectivity index (χ4v) is 4.92. The number of alkyl halides is 3. The van der Waals surface area contributed by atoms with E-state index in [-0.39, 0.29) is 31.3 Å². The van der Waals surface area contributed by atoms with Crippen molar-refractivity contribution in [1.29, 1.82) is 0 Å². The molecule has 3 aliphatic rings. The molecule has 30 heavy (non-hydrogen) atoms. The number of imidazole rings is 1. The molecule has 0 bridgehead atoms. The number of rotatable bonds is 6. The zero-order valence-corrected chi connectivity index (χ0v) is 16.6. The molecule has 1 unspecified atom stereocenters. The molecule has 9 heteroatoms. The summed E-state index contributed by atoms with van der Waals surface area (Å²) in [5, 5.41) is 6.90. The number of nitrogens with one attached hydrogen (secondary N) is 1. The lowest BCUT2D eigenvalue weighted by molar-refractivity contribution is -0.183. The Kier molecular flexibility index (Phi) is 4.76. The van der Waals surface area contributed by atoms with Crippen molar-refractivity contribution in [2.45, 2.75) is 50.7 Å². The van der Waals surface area contributed by atoms with Crippen LogP contribution < -0.4 is 11.1 Å². The summed E-state index contributed by atoms with van der Waals surface area (Å²) < 4.78 is 40.8. The van der Waals surface area contributed by atoms with Gasteiger partial charge in [0.25, 0.3) is 0 Å². The number of hydrogen-bond acceptors (Lipinski definition) is 4. The maximum atomic E-state index is 13.1. The molecule has 2 aromatic heterocycles. The third-order valence-electron chi connectivity index (χ3n) is 6.86. The Bertz CT molecular complexity index is 938. The predicted octanol–water partition coefficient (Wildman–Crippen LogP) is 3.02. The largest absolute Gasteiger partial charge is 0.393 e. The number of aromatic nitrogens is 3. The van der Waals surface area contributed by atoms with Crippen molar-refractivity contribution in [1.82, 2.24) is 19.9 Å². The third-order valence-corrected chi connectivity index (χ3v) is 6.86. The van der Waals surface area contributed by atoms with Crippen LogP contribution in [0.1, 0.15) is 49.5 Å². The summed E-state index contributed by atoms with van der Waals surface area (Å²) in [6, 6.07) is 3.41. The van der Waals surface area contributed by atoms with Crippen LogP contribution in [0.4, 0.5) is 13.2 Å². The number of carbonyl (C=O) groups is 1. The topological polar surface area (TPSA) is 85.3 Å². The molecule has 2 saturated carbocycles. The van der Waals surface area contributed by atoms with E-state index in [0.717, 1.165) is 5.69 Å². The zero-order chi connectivity index (χ0) is 21.0. The SMILES string of the molecule is N[C@H](c1cn2nc(CC3C[C@H](C(F)(F)F)CNC3=O)ccc2n1)C(C1CC1)C1CC1. The van der Waals surface area contributed by atoms with Gasteiger partial charge in [0.2, 0.25) is 5.91 Å². The van der Waals surface area contributed by atoms with Gasteiger partial charge in [-0.05, 0) is 62.0 Å². The van der Waals surface area contributed by atoms with Crippen LogP contribution in [0.5, 0.6) is 0 Å². The van der Waals surface area contributed by atoms with Crippen LogP contribution in [-0.2, 0) is 11.2 Å². The first-order valence-electron chi connectivity index (χ1n) is 10.7. The van der Waals surface area contributed by atoms with Crippen LogP contribution in [0.25, 0.3) is 5.65 Å². The van der Waals surface area contributed by atoms with Gasteiger partial charge in [-0.1, -0.05) is 0 Å². The van der Waals surface area contributed by atoms with E-state index in [2.05, 4.69) is 15.4 Å². The number of hydrogen-bond donors (Lipinski definition) is 2. The number of fused-ring (bicyclic) bond motifs is 1. The molecule has 2 aliphatic carbocycles. The highest BCUT2D eigenvalue weighted by atomic mass is 19.4. The monoisotopic (exact) mass is 421 g/mol. The number of nitrogens with two attached hydrogens (primary N) is 1. The van der Waals surface area contributed by atoms with Crippen LogP contribution in [-0.4, -0.2) is 33.2 Å². The highest BCUT2D eigenvalue weighted by Gasteiger charge is 2.46. The van der Waals surface area contributed by atoms with Crippen molar-refractivity contribution < 1.29 is 18.0 Å². The standard InChI is InChI=1S/C21H26F3N5O/c22-21(23,24)14-7-13(20(30)26-9-14)8-15-5-6-17-27-16(10-29(17)28-15)19(25)18(11-1-2-11)12-3-4-12/h5-6,10-14,18-19H,1-4,7-9,25H2,(H,26,30)/t13?,14-,19+/m0/s1. The maximum absolute atomic E-state index is 13.1. The molecule has 1 amide bonds. The molecular formula is C21H26F3N5O. The molecule has 3 N–H and O–H groups in total. The summed E-state index contributed by atoms with van der Waals surface area (Å²) in [5.74, 6) is -0.722. The average Bonchev–Trinajstić information content (AvgIpc) is 3.62.